The van der Waals surface area contributed by atoms with E-state index in [4.69, 9.17) is 0 Å². The first kappa shape index (κ1) is 16.5. The van der Waals surface area contributed by atoms with E-state index in [2.05, 4.69) is 15.3 Å². The quantitative estimate of drug-likeness (QED) is 0.730. The SMILES string of the molecule is Cc1cc(CNC(=O)c2ccccc2C(=O)c2ccccc2)ncn1. The lowest BCUT2D eigenvalue weighted by Gasteiger charge is -2.09. The van der Waals surface area contributed by atoms with Crippen LogP contribution in [0.3, 0.4) is 0 Å². The van der Waals surface area contributed by atoms with Crippen molar-refractivity contribution >= 4 is 11.7 Å². The molecule has 0 bridgehead atoms. The van der Waals surface area contributed by atoms with Crippen molar-refractivity contribution in [2.75, 3.05) is 0 Å². The van der Waals surface area contributed by atoms with Crippen molar-refractivity contribution in [2.45, 2.75) is 13.5 Å². The van der Waals surface area contributed by atoms with Crippen LogP contribution in [0.5, 0.6) is 0 Å². The van der Waals surface area contributed by atoms with Crippen molar-refractivity contribution in [3.05, 3.63) is 95.1 Å². The monoisotopic (exact) mass is 331 g/mol. The number of aryl methyl sites for hydroxylation is 1. The third-order valence-corrected chi connectivity index (χ3v) is 3.74. The fraction of sp³-hybridized carbons (Fsp3) is 0.100. The van der Waals surface area contributed by atoms with Crippen molar-refractivity contribution in [2.24, 2.45) is 0 Å². The van der Waals surface area contributed by atoms with Crippen molar-refractivity contribution < 1.29 is 9.59 Å². The Morgan fingerprint density at radius 3 is 2.32 bits per heavy atom. The Hall–Kier alpha value is -3.34. The van der Waals surface area contributed by atoms with Crippen LogP contribution in [0.2, 0.25) is 0 Å². The van der Waals surface area contributed by atoms with Crippen LogP contribution in [0.1, 0.15) is 37.7 Å². The molecule has 3 rings (SSSR count). The van der Waals surface area contributed by atoms with Gasteiger partial charge >= 0.3 is 0 Å². The van der Waals surface area contributed by atoms with Crippen molar-refractivity contribution in [1.29, 1.82) is 0 Å². The smallest absolute Gasteiger partial charge is 0.252 e. The van der Waals surface area contributed by atoms with Gasteiger partial charge in [0.1, 0.15) is 6.33 Å². The predicted octanol–water partition coefficient (Wildman–Crippen LogP) is 2.95. The average Bonchev–Trinajstić information content (AvgIpc) is 2.66. The molecule has 0 saturated heterocycles. The van der Waals surface area contributed by atoms with Crippen LogP contribution < -0.4 is 5.32 Å². The van der Waals surface area contributed by atoms with Gasteiger partial charge in [0.2, 0.25) is 0 Å². The Labute approximate surface area is 145 Å². The molecular weight excluding hydrogens is 314 g/mol. The molecule has 0 atom stereocenters. The number of ketones is 1. The van der Waals surface area contributed by atoms with Crippen LogP contribution in [0.4, 0.5) is 0 Å². The highest BCUT2D eigenvalue weighted by atomic mass is 16.2. The molecule has 3 aromatic rings. The molecule has 5 heteroatoms. The minimum absolute atomic E-state index is 0.177. The molecule has 0 spiro atoms. The zero-order chi connectivity index (χ0) is 17.6. The second-order valence-electron chi connectivity index (χ2n) is 5.57. The van der Waals surface area contributed by atoms with E-state index < -0.39 is 0 Å². The fourth-order valence-electron chi connectivity index (χ4n) is 2.50. The molecule has 0 unspecified atom stereocenters. The highest BCUT2D eigenvalue weighted by Crippen LogP contribution is 2.15. The van der Waals surface area contributed by atoms with Crippen LogP contribution in [-0.4, -0.2) is 21.7 Å². The molecule has 25 heavy (non-hydrogen) atoms. The zero-order valence-electron chi connectivity index (χ0n) is 13.8. The minimum atomic E-state index is -0.309. The van der Waals surface area contributed by atoms with Crippen LogP contribution in [0, 0.1) is 6.92 Å². The lowest BCUT2D eigenvalue weighted by Crippen LogP contribution is -2.25. The van der Waals surface area contributed by atoms with E-state index in [0.717, 1.165) is 5.69 Å². The molecule has 1 aromatic heterocycles. The summed E-state index contributed by atoms with van der Waals surface area (Å²) < 4.78 is 0. The van der Waals surface area contributed by atoms with Crippen molar-refractivity contribution in [3.63, 3.8) is 0 Å². The Morgan fingerprint density at radius 1 is 0.920 bits per heavy atom. The first-order chi connectivity index (χ1) is 12.1. The maximum absolute atomic E-state index is 12.7. The zero-order valence-corrected chi connectivity index (χ0v) is 13.8. The van der Waals surface area contributed by atoms with E-state index in [1.54, 1.807) is 54.6 Å². The lowest BCUT2D eigenvalue weighted by atomic mass is 9.98. The number of rotatable bonds is 5. The normalized spacial score (nSPS) is 10.3. The molecule has 0 fully saturated rings. The van der Waals surface area contributed by atoms with Crippen LogP contribution >= 0.6 is 0 Å². The lowest BCUT2D eigenvalue weighted by molar-refractivity contribution is 0.0939. The van der Waals surface area contributed by atoms with E-state index in [1.165, 1.54) is 6.33 Å². The number of aromatic nitrogens is 2. The van der Waals surface area contributed by atoms with Gasteiger partial charge in [-0.1, -0.05) is 48.5 Å². The Bertz CT molecular complexity index is 908. The van der Waals surface area contributed by atoms with Crippen molar-refractivity contribution in [3.8, 4) is 0 Å². The molecule has 5 nitrogen and oxygen atoms in total. The van der Waals surface area contributed by atoms with Gasteiger partial charge in [-0.15, -0.1) is 0 Å². The van der Waals surface area contributed by atoms with E-state index in [9.17, 15) is 9.59 Å². The number of benzene rings is 2. The molecule has 124 valence electrons. The van der Waals surface area contributed by atoms with Gasteiger partial charge in [-0.2, -0.15) is 0 Å². The molecule has 0 aliphatic rings. The van der Waals surface area contributed by atoms with Gasteiger partial charge in [0.05, 0.1) is 17.8 Å². The third-order valence-electron chi connectivity index (χ3n) is 3.74. The van der Waals surface area contributed by atoms with E-state index >= 15 is 0 Å². The number of nitrogens with one attached hydrogen (secondary N) is 1. The second kappa shape index (κ2) is 7.49. The summed E-state index contributed by atoms with van der Waals surface area (Å²) in [4.78, 5) is 33.4. The van der Waals surface area contributed by atoms with Gasteiger partial charge in [0, 0.05) is 16.8 Å². The summed E-state index contributed by atoms with van der Waals surface area (Å²) in [5.41, 5.74) is 2.83. The van der Waals surface area contributed by atoms with E-state index in [0.29, 0.717) is 22.4 Å². The molecule has 1 heterocycles. The molecule has 1 N–H and O–H groups in total. The minimum Gasteiger partial charge on any atom is -0.346 e. The highest BCUT2D eigenvalue weighted by molar-refractivity contribution is 6.15. The molecule has 2 aromatic carbocycles. The number of nitrogens with zero attached hydrogens (tertiary/aromatic N) is 2. The molecule has 0 radical (unpaired) electrons. The Balaban J connectivity index is 1.80. The number of carbonyl (C=O) groups is 2. The van der Waals surface area contributed by atoms with Crippen LogP contribution in [0.25, 0.3) is 0 Å². The fourth-order valence-corrected chi connectivity index (χ4v) is 2.50. The molecule has 0 aliphatic heterocycles. The molecule has 1 amide bonds. The van der Waals surface area contributed by atoms with Gasteiger partial charge in [-0.05, 0) is 19.1 Å². The number of hydrogen-bond donors (Lipinski definition) is 1. The van der Waals surface area contributed by atoms with Crippen LogP contribution in [-0.2, 0) is 6.54 Å². The molecule has 0 saturated carbocycles. The second-order valence-corrected chi connectivity index (χ2v) is 5.57. The first-order valence-electron chi connectivity index (χ1n) is 7.89. The van der Waals surface area contributed by atoms with Gasteiger partial charge in [0.25, 0.3) is 5.91 Å². The molecular formula is C20H17N3O2. The van der Waals surface area contributed by atoms with Gasteiger partial charge in [-0.3, -0.25) is 9.59 Å². The Morgan fingerprint density at radius 2 is 1.60 bits per heavy atom. The maximum Gasteiger partial charge on any atom is 0.252 e. The predicted molar refractivity (Wildman–Crippen MR) is 94.3 cm³/mol. The number of carbonyl (C=O) groups excluding carboxylic acids is 2. The summed E-state index contributed by atoms with van der Waals surface area (Å²) in [6, 6.07) is 17.5. The summed E-state index contributed by atoms with van der Waals surface area (Å²) in [6.45, 7) is 2.14. The number of amides is 1. The summed E-state index contributed by atoms with van der Waals surface area (Å²) in [7, 11) is 0. The van der Waals surface area contributed by atoms with E-state index in [-0.39, 0.29) is 18.2 Å². The Kier molecular flexibility index (Phi) is 4.95. The summed E-state index contributed by atoms with van der Waals surface area (Å²) in [5, 5.41) is 2.81. The maximum atomic E-state index is 12.7. The van der Waals surface area contributed by atoms with Crippen molar-refractivity contribution in [1.82, 2.24) is 15.3 Å². The summed E-state index contributed by atoms with van der Waals surface area (Å²) in [5.74, 6) is -0.486. The summed E-state index contributed by atoms with van der Waals surface area (Å²) >= 11 is 0. The number of hydrogen-bond acceptors (Lipinski definition) is 4. The first-order valence-corrected chi connectivity index (χ1v) is 7.89. The van der Waals surface area contributed by atoms with Crippen LogP contribution in [0.15, 0.2) is 67.0 Å². The average molecular weight is 331 g/mol. The van der Waals surface area contributed by atoms with Gasteiger partial charge in [-0.25, -0.2) is 9.97 Å². The van der Waals surface area contributed by atoms with Gasteiger partial charge in [0.15, 0.2) is 5.78 Å². The molecule has 0 aliphatic carbocycles. The highest BCUT2D eigenvalue weighted by Gasteiger charge is 2.17. The standard InChI is InChI=1S/C20H17N3O2/c1-14-11-16(23-13-22-14)12-21-20(25)18-10-6-5-9-17(18)19(24)15-7-3-2-4-8-15/h2-11,13H,12H2,1H3,(H,21,25). The topological polar surface area (TPSA) is 72.0 Å². The van der Waals surface area contributed by atoms with E-state index in [1.807, 2.05) is 13.0 Å². The van der Waals surface area contributed by atoms with Gasteiger partial charge < -0.3 is 5.32 Å². The summed E-state index contributed by atoms with van der Waals surface area (Å²) in [6.07, 6.45) is 1.46. The largest absolute Gasteiger partial charge is 0.346 e. The third kappa shape index (κ3) is 3.95.